The third kappa shape index (κ3) is 1.26. The molecular formula is C9H16NO2. The van der Waals surface area contributed by atoms with Gasteiger partial charge in [-0.15, -0.1) is 0 Å². The molecule has 2 unspecified atom stereocenters. The summed E-state index contributed by atoms with van der Waals surface area (Å²) >= 11 is 0. The van der Waals surface area contributed by atoms with Gasteiger partial charge in [0.1, 0.15) is 0 Å². The van der Waals surface area contributed by atoms with Crippen molar-refractivity contribution in [1.82, 2.24) is 5.32 Å². The Balaban J connectivity index is 1.78. The van der Waals surface area contributed by atoms with Crippen molar-refractivity contribution >= 4 is 0 Å². The minimum Gasteiger partial charge on any atom is -0.373 e. The highest BCUT2D eigenvalue weighted by molar-refractivity contribution is 5.07. The average Bonchev–Trinajstić information content (AvgIpc) is 2.32. The third-order valence-electron chi connectivity index (χ3n) is 3.11. The molecule has 1 aliphatic heterocycles. The van der Waals surface area contributed by atoms with Crippen LogP contribution in [0.5, 0.6) is 0 Å². The molecule has 0 spiro atoms. The summed E-state index contributed by atoms with van der Waals surface area (Å²) in [6.07, 6.45) is 4.23. The molecular weight excluding hydrogens is 154 g/mol. The lowest BCUT2D eigenvalue weighted by Crippen LogP contribution is -2.53. The molecule has 3 nitrogen and oxygen atoms in total. The van der Waals surface area contributed by atoms with E-state index in [0.717, 1.165) is 13.0 Å². The highest BCUT2D eigenvalue weighted by Crippen LogP contribution is 2.42. The van der Waals surface area contributed by atoms with Gasteiger partial charge in [-0.1, -0.05) is 0 Å². The molecule has 1 saturated heterocycles. The zero-order valence-electron chi connectivity index (χ0n) is 7.34. The Bertz CT molecular complexity index is 163. The molecule has 0 bridgehead atoms. The van der Waals surface area contributed by atoms with Crippen LogP contribution in [0, 0.1) is 0 Å². The fourth-order valence-electron chi connectivity index (χ4n) is 2.24. The lowest BCUT2D eigenvalue weighted by atomic mass is 9.75. The molecule has 2 aliphatic rings. The van der Waals surface area contributed by atoms with Gasteiger partial charge in [-0.2, -0.15) is 0 Å². The summed E-state index contributed by atoms with van der Waals surface area (Å²) in [7, 11) is 0. The molecule has 0 aromatic carbocycles. The molecule has 2 atom stereocenters. The summed E-state index contributed by atoms with van der Waals surface area (Å²) in [6.45, 7) is 1.73. The van der Waals surface area contributed by atoms with Crippen LogP contribution in [0.15, 0.2) is 0 Å². The normalized spacial score (nSPS) is 39.2. The van der Waals surface area contributed by atoms with Crippen LogP contribution in [-0.4, -0.2) is 31.4 Å². The second-order valence-corrected chi connectivity index (χ2v) is 3.77. The van der Waals surface area contributed by atoms with Gasteiger partial charge in [0.2, 0.25) is 0 Å². The molecule has 1 heterocycles. The van der Waals surface area contributed by atoms with E-state index in [4.69, 9.17) is 4.74 Å². The van der Waals surface area contributed by atoms with Crippen molar-refractivity contribution in [2.75, 3.05) is 19.8 Å². The molecule has 69 valence electrons. The molecule has 1 radical (unpaired) electrons. The number of ether oxygens (including phenoxy) is 1. The summed E-state index contributed by atoms with van der Waals surface area (Å²) in [6, 6.07) is 0.587. The van der Waals surface area contributed by atoms with Crippen LogP contribution in [0.1, 0.15) is 25.7 Å². The van der Waals surface area contributed by atoms with Gasteiger partial charge in [0, 0.05) is 12.6 Å². The van der Waals surface area contributed by atoms with Crippen molar-refractivity contribution in [2.24, 2.45) is 0 Å². The first kappa shape index (κ1) is 8.48. The van der Waals surface area contributed by atoms with Crippen LogP contribution in [0.4, 0.5) is 0 Å². The van der Waals surface area contributed by atoms with E-state index in [2.05, 4.69) is 5.32 Å². The van der Waals surface area contributed by atoms with Gasteiger partial charge in [0.25, 0.3) is 0 Å². The Morgan fingerprint density at radius 3 is 3.00 bits per heavy atom. The average molecular weight is 170 g/mol. The molecule has 0 aromatic rings. The number of nitrogens with one attached hydrogen (secondary N) is 1. The zero-order chi connectivity index (χ0) is 8.44. The van der Waals surface area contributed by atoms with Crippen molar-refractivity contribution in [2.45, 2.75) is 37.3 Å². The number of hydrogen-bond acceptors (Lipinski definition) is 2. The van der Waals surface area contributed by atoms with Gasteiger partial charge < -0.3 is 10.1 Å². The summed E-state index contributed by atoms with van der Waals surface area (Å²) in [5.74, 6) is 0. The van der Waals surface area contributed by atoms with Crippen LogP contribution in [-0.2, 0) is 9.84 Å². The number of rotatable bonds is 4. The van der Waals surface area contributed by atoms with Gasteiger partial charge in [-0.05, 0) is 32.2 Å². The number of hydrogen-bond donors (Lipinski definition) is 1. The molecule has 1 N–H and O–H groups in total. The first-order valence-corrected chi connectivity index (χ1v) is 4.83. The van der Waals surface area contributed by atoms with E-state index >= 15 is 0 Å². The fraction of sp³-hybridized carbons (Fsp3) is 1.00. The van der Waals surface area contributed by atoms with Crippen LogP contribution in [0.2, 0.25) is 0 Å². The van der Waals surface area contributed by atoms with Crippen molar-refractivity contribution < 1.29 is 9.84 Å². The molecule has 2 fully saturated rings. The Morgan fingerprint density at radius 2 is 2.42 bits per heavy atom. The van der Waals surface area contributed by atoms with Crippen LogP contribution < -0.4 is 5.32 Å². The van der Waals surface area contributed by atoms with E-state index in [9.17, 15) is 5.11 Å². The van der Waals surface area contributed by atoms with E-state index in [1.165, 1.54) is 12.8 Å². The molecule has 2 rings (SSSR count). The second kappa shape index (κ2) is 3.32. The van der Waals surface area contributed by atoms with E-state index in [1.54, 1.807) is 0 Å². The summed E-state index contributed by atoms with van der Waals surface area (Å²) in [4.78, 5) is 0. The van der Waals surface area contributed by atoms with Gasteiger partial charge in [-0.25, -0.2) is 5.11 Å². The lowest BCUT2D eigenvalue weighted by molar-refractivity contribution is -0.108. The van der Waals surface area contributed by atoms with Gasteiger partial charge in [0.05, 0.1) is 12.2 Å². The van der Waals surface area contributed by atoms with Crippen LogP contribution in [0.25, 0.3) is 0 Å². The van der Waals surface area contributed by atoms with Crippen molar-refractivity contribution in [3.8, 4) is 0 Å². The van der Waals surface area contributed by atoms with E-state index in [-0.39, 0.29) is 12.2 Å². The second-order valence-electron chi connectivity index (χ2n) is 3.77. The van der Waals surface area contributed by atoms with Crippen molar-refractivity contribution in [3.05, 3.63) is 0 Å². The standard InChI is InChI=1S/C9H16NO2/c11-6-1-7-12-9-3-2-8(9)10-5-4-9/h8,10H,1-7H2. The first-order chi connectivity index (χ1) is 5.87. The van der Waals surface area contributed by atoms with Crippen LogP contribution >= 0.6 is 0 Å². The predicted molar refractivity (Wildman–Crippen MR) is 44.5 cm³/mol. The minimum atomic E-state index is -0.00578. The minimum absolute atomic E-state index is 0.00578. The maximum atomic E-state index is 10.2. The molecule has 1 aliphatic carbocycles. The van der Waals surface area contributed by atoms with Crippen molar-refractivity contribution in [1.29, 1.82) is 0 Å². The fourth-order valence-corrected chi connectivity index (χ4v) is 2.24. The van der Waals surface area contributed by atoms with Gasteiger partial charge in [0.15, 0.2) is 0 Å². The van der Waals surface area contributed by atoms with Crippen molar-refractivity contribution in [3.63, 3.8) is 0 Å². The summed E-state index contributed by atoms with van der Waals surface area (Å²) in [5, 5.41) is 13.6. The molecule has 1 saturated carbocycles. The van der Waals surface area contributed by atoms with Gasteiger partial charge >= 0.3 is 0 Å². The first-order valence-electron chi connectivity index (χ1n) is 4.83. The molecule has 0 amide bonds. The van der Waals surface area contributed by atoms with E-state index in [0.29, 0.717) is 19.1 Å². The smallest absolute Gasteiger partial charge is 0.0847 e. The molecule has 12 heavy (non-hydrogen) atoms. The highest BCUT2D eigenvalue weighted by atomic mass is 16.5. The van der Waals surface area contributed by atoms with Crippen LogP contribution in [0.3, 0.4) is 0 Å². The Labute approximate surface area is 73.1 Å². The zero-order valence-corrected chi connectivity index (χ0v) is 7.34. The quantitative estimate of drug-likeness (QED) is 0.631. The SMILES string of the molecule is [O]CCCOC12CCNC1CC2. The number of fused-ring (bicyclic) bond motifs is 1. The summed E-state index contributed by atoms with van der Waals surface area (Å²) < 4.78 is 5.77. The monoisotopic (exact) mass is 170 g/mol. The topological polar surface area (TPSA) is 41.2 Å². The third-order valence-corrected chi connectivity index (χ3v) is 3.11. The predicted octanol–water partition coefficient (Wildman–Crippen LogP) is 0.718. The largest absolute Gasteiger partial charge is 0.373 e. The van der Waals surface area contributed by atoms with Gasteiger partial charge in [-0.3, -0.25) is 0 Å². The molecule has 3 heteroatoms. The molecule has 0 aromatic heterocycles. The lowest BCUT2D eigenvalue weighted by Gasteiger charge is -2.44. The Hall–Kier alpha value is -0.120. The summed E-state index contributed by atoms with van der Waals surface area (Å²) in [5.41, 5.74) is 0.134. The maximum absolute atomic E-state index is 10.2. The Kier molecular flexibility index (Phi) is 2.35. The van der Waals surface area contributed by atoms with E-state index < -0.39 is 0 Å². The van der Waals surface area contributed by atoms with E-state index in [1.807, 2.05) is 0 Å². The Morgan fingerprint density at radius 1 is 1.50 bits per heavy atom. The maximum Gasteiger partial charge on any atom is 0.0847 e. The highest BCUT2D eigenvalue weighted by Gasteiger charge is 2.50.